The second kappa shape index (κ2) is 16.6. The highest BCUT2D eigenvalue weighted by Crippen LogP contribution is 2.56. The van der Waals surface area contributed by atoms with Crippen molar-refractivity contribution in [3.05, 3.63) is 203 Å². The molecule has 3 nitrogen and oxygen atoms in total. The van der Waals surface area contributed by atoms with E-state index in [0.717, 1.165) is 29.2 Å². The molecule has 2 aliphatic carbocycles. The molecule has 0 bridgehead atoms. The molecular weight excluding hydrogens is 950 g/mol. The summed E-state index contributed by atoms with van der Waals surface area (Å²) in [5.74, 6) is 0. The highest BCUT2D eigenvalue weighted by atomic mass is 32.1. The van der Waals surface area contributed by atoms with Crippen LogP contribution in [0.25, 0.3) is 21.2 Å². The van der Waals surface area contributed by atoms with Crippen LogP contribution in [0.3, 0.4) is 0 Å². The number of fused-ring (bicyclic) bond motifs is 10. The fourth-order valence-corrected chi connectivity index (χ4v) is 15.5. The third-order valence-corrected chi connectivity index (χ3v) is 19.3. The number of thiophene rings is 1. The molecule has 8 aromatic carbocycles. The lowest BCUT2D eigenvalue weighted by molar-refractivity contribution is 0.403. The molecular formula is C72H74BN3S. The summed E-state index contributed by atoms with van der Waals surface area (Å²) in [7, 11) is 0. The van der Waals surface area contributed by atoms with Crippen LogP contribution in [0.2, 0.25) is 0 Å². The Morgan fingerprint density at radius 1 is 0.455 bits per heavy atom. The number of benzene rings is 8. The van der Waals surface area contributed by atoms with Crippen molar-refractivity contribution in [2.75, 3.05) is 14.7 Å². The second-order valence-corrected chi connectivity index (χ2v) is 28.9. The van der Waals surface area contributed by atoms with Crippen LogP contribution in [0.1, 0.15) is 149 Å². The highest BCUT2D eigenvalue weighted by molar-refractivity contribution is 7.33. The lowest BCUT2D eigenvalue weighted by Gasteiger charge is -2.43. The first-order valence-corrected chi connectivity index (χ1v) is 29.0. The molecule has 0 spiro atoms. The van der Waals surface area contributed by atoms with Gasteiger partial charge in [-0.1, -0.05) is 183 Å². The van der Waals surface area contributed by atoms with E-state index in [1.165, 1.54) is 104 Å². The molecule has 0 saturated carbocycles. The number of rotatable bonds is 5. The maximum atomic E-state index is 2.67. The van der Waals surface area contributed by atoms with Crippen molar-refractivity contribution >= 4 is 95.0 Å². The van der Waals surface area contributed by atoms with Crippen molar-refractivity contribution in [2.45, 2.75) is 143 Å². The standard InChI is InChI=1S/C72H74BN3S/c1-67(2,3)44-23-29-47(30-24-44)74(48-31-25-45(26-32-48)68(4,5)6)51-36-38-59-62(40-51)75(49-33-27-46(28-34-49)69(7,8)9)60-21-18-22-61-64(60)73(59)66-65(76(61)50-35-37-56-58(39-50)71(12,13)43-70(56,10)11)54-41-53-52-19-16-17-20-55(52)72(14,15)57(53)42-63(54)77-66/h16-42H,43H2,1-15H3. The van der Waals surface area contributed by atoms with Gasteiger partial charge in [-0.15, -0.1) is 11.3 Å². The maximum Gasteiger partial charge on any atom is 0.264 e. The summed E-state index contributed by atoms with van der Waals surface area (Å²) in [4.78, 5) is 7.73. The number of nitrogens with zero attached hydrogens (tertiary/aromatic N) is 3. The van der Waals surface area contributed by atoms with E-state index in [2.05, 4.69) is 282 Å². The van der Waals surface area contributed by atoms with Crippen LogP contribution in [0.4, 0.5) is 51.2 Å². The van der Waals surface area contributed by atoms with Crippen LogP contribution in [0.5, 0.6) is 0 Å². The predicted octanol–water partition coefficient (Wildman–Crippen LogP) is 18.6. The van der Waals surface area contributed by atoms with E-state index in [4.69, 9.17) is 0 Å². The molecule has 9 aromatic rings. The lowest BCUT2D eigenvalue weighted by Crippen LogP contribution is -2.60. The molecule has 3 heterocycles. The molecule has 386 valence electrons. The number of anilines is 9. The molecule has 5 heteroatoms. The van der Waals surface area contributed by atoms with Crippen molar-refractivity contribution in [1.29, 1.82) is 0 Å². The van der Waals surface area contributed by atoms with E-state index < -0.39 is 0 Å². The maximum absolute atomic E-state index is 2.67. The van der Waals surface area contributed by atoms with Gasteiger partial charge in [-0.3, -0.25) is 0 Å². The molecule has 4 aliphatic rings. The van der Waals surface area contributed by atoms with Crippen LogP contribution < -0.4 is 30.4 Å². The van der Waals surface area contributed by atoms with Gasteiger partial charge in [0.25, 0.3) is 6.71 Å². The van der Waals surface area contributed by atoms with Gasteiger partial charge in [-0.2, -0.15) is 0 Å². The van der Waals surface area contributed by atoms with Gasteiger partial charge in [0.1, 0.15) is 0 Å². The van der Waals surface area contributed by atoms with E-state index in [1.807, 2.05) is 11.3 Å². The number of hydrogen-bond acceptors (Lipinski definition) is 4. The molecule has 0 radical (unpaired) electrons. The summed E-state index contributed by atoms with van der Waals surface area (Å²) in [5.41, 5.74) is 26.1. The Balaban J connectivity index is 1.09. The van der Waals surface area contributed by atoms with Gasteiger partial charge >= 0.3 is 0 Å². The van der Waals surface area contributed by atoms with Crippen molar-refractivity contribution in [2.24, 2.45) is 0 Å². The fraction of sp³-hybridized carbons (Fsp3) is 0.306. The van der Waals surface area contributed by atoms with Crippen molar-refractivity contribution in [3.8, 4) is 11.1 Å². The monoisotopic (exact) mass is 1020 g/mol. The molecule has 0 fully saturated rings. The lowest BCUT2D eigenvalue weighted by atomic mass is 9.36. The van der Waals surface area contributed by atoms with E-state index in [1.54, 1.807) is 0 Å². The highest BCUT2D eigenvalue weighted by Gasteiger charge is 2.48. The zero-order chi connectivity index (χ0) is 54.1. The minimum atomic E-state index is -0.109. The van der Waals surface area contributed by atoms with Gasteiger partial charge in [0, 0.05) is 65.8 Å². The summed E-state index contributed by atoms with van der Waals surface area (Å²) in [6.45, 7) is 35.3. The summed E-state index contributed by atoms with van der Waals surface area (Å²) >= 11 is 2.01. The Morgan fingerprint density at radius 3 is 1.61 bits per heavy atom. The Hall–Kier alpha value is -6.82. The second-order valence-electron chi connectivity index (χ2n) is 27.8. The Labute approximate surface area is 463 Å². The molecule has 1 aromatic heterocycles. The van der Waals surface area contributed by atoms with Gasteiger partial charge in [0.2, 0.25) is 0 Å². The molecule has 0 unspecified atom stereocenters. The van der Waals surface area contributed by atoms with Gasteiger partial charge in [-0.05, 0) is 179 Å². The van der Waals surface area contributed by atoms with Crippen LogP contribution >= 0.6 is 11.3 Å². The average molecular weight is 1020 g/mol. The normalized spacial score (nSPS) is 16.4. The zero-order valence-electron chi connectivity index (χ0n) is 48.1. The molecule has 0 amide bonds. The zero-order valence-corrected chi connectivity index (χ0v) is 48.9. The van der Waals surface area contributed by atoms with E-state index in [9.17, 15) is 0 Å². The molecule has 77 heavy (non-hydrogen) atoms. The summed E-state index contributed by atoms with van der Waals surface area (Å²) in [5, 5.41) is 1.33. The van der Waals surface area contributed by atoms with E-state index in [-0.39, 0.29) is 39.2 Å². The van der Waals surface area contributed by atoms with Crippen LogP contribution in [0.15, 0.2) is 164 Å². The number of hydrogen-bond donors (Lipinski definition) is 0. The van der Waals surface area contributed by atoms with Crippen molar-refractivity contribution in [3.63, 3.8) is 0 Å². The van der Waals surface area contributed by atoms with Crippen LogP contribution in [-0.4, -0.2) is 6.71 Å². The first-order chi connectivity index (χ1) is 36.3. The Morgan fingerprint density at radius 2 is 1.00 bits per heavy atom. The third-order valence-electron chi connectivity index (χ3n) is 18.1. The smallest absolute Gasteiger partial charge is 0.264 e. The van der Waals surface area contributed by atoms with E-state index in [0.29, 0.717) is 0 Å². The summed E-state index contributed by atoms with van der Waals surface area (Å²) in [6, 6.07) is 64.2. The average Bonchev–Trinajstić information content (AvgIpc) is 4.05. The van der Waals surface area contributed by atoms with Gasteiger partial charge in [-0.25, -0.2) is 0 Å². The Bertz CT molecular complexity index is 3810. The fourth-order valence-electron chi connectivity index (χ4n) is 14.2. The van der Waals surface area contributed by atoms with E-state index >= 15 is 0 Å². The minimum Gasteiger partial charge on any atom is -0.311 e. The molecule has 2 aliphatic heterocycles. The molecule has 0 saturated heterocycles. The predicted molar refractivity (Wildman–Crippen MR) is 335 cm³/mol. The van der Waals surface area contributed by atoms with Crippen molar-refractivity contribution < 1.29 is 0 Å². The summed E-state index contributed by atoms with van der Waals surface area (Å²) in [6.07, 6.45) is 1.12. The largest absolute Gasteiger partial charge is 0.311 e. The van der Waals surface area contributed by atoms with Crippen LogP contribution in [-0.2, 0) is 32.5 Å². The third kappa shape index (κ3) is 7.64. The summed E-state index contributed by atoms with van der Waals surface area (Å²) < 4.78 is 2.75. The Kier molecular flexibility index (Phi) is 10.7. The minimum absolute atomic E-state index is 0.00970. The molecule has 0 N–H and O–H groups in total. The van der Waals surface area contributed by atoms with Crippen molar-refractivity contribution in [1.82, 2.24) is 0 Å². The van der Waals surface area contributed by atoms with Gasteiger partial charge in [0.15, 0.2) is 0 Å². The van der Waals surface area contributed by atoms with Gasteiger partial charge < -0.3 is 14.7 Å². The topological polar surface area (TPSA) is 9.72 Å². The quantitative estimate of drug-likeness (QED) is 0.159. The van der Waals surface area contributed by atoms with Crippen LogP contribution in [0, 0.1) is 0 Å². The first kappa shape index (κ1) is 49.7. The molecule has 0 atom stereocenters. The molecule has 13 rings (SSSR count). The first-order valence-electron chi connectivity index (χ1n) is 28.2. The SMILES string of the molecule is CC(C)(C)c1ccc(N(c2ccc(C(C)(C)C)cc2)c2ccc3c(c2)N(c2ccc(C(C)(C)C)cc2)c2cccc4c2B3c2sc3cc5c(cc3c2N4c2ccc3c(c2)C(C)(C)CC3(C)C)-c2ccccc2C5(C)C)cc1. The van der Waals surface area contributed by atoms with Gasteiger partial charge in [0.05, 0.1) is 5.69 Å².